The molecular weight excluding hydrogens is 482 g/mol. The van der Waals surface area contributed by atoms with Crippen LogP contribution in [-0.2, 0) is 27.1 Å². The number of carbonyl (C=O) groups excluding carboxylic acids is 1. The van der Waals surface area contributed by atoms with Crippen LogP contribution >= 0.6 is 23.1 Å². The van der Waals surface area contributed by atoms with Crippen molar-refractivity contribution >= 4 is 39.2 Å². The summed E-state index contributed by atoms with van der Waals surface area (Å²) in [5, 5.41) is 1.35. The maximum atomic E-state index is 13.9. The average Bonchev–Trinajstić information content (AvgIpc) is 3.48. The molecule has 3 aliphatic rings. The van der Waals surface area contributed by atoms with E-state index in [4.69, 9.17) is 14.5 Å². The molecule has 0 atom stereocenters. The first-order valence-corrected chi connectivity index (χ1v) is 14.2. The van der Waals surface area contributed by atoms with Crippen LogP contribution in [0.15, 0.2) is 34.2 Å². The minimum absolute atomic E-state index is 0.0194. The second-order valence-corrected chi connectivity index (χ2v) is 11.5. The van der Waals surface area contributed by atoms with Crippen molar-refractivity contribution in [2.24, 2.45) is 0 Å². The Balaban J connectivity index is 1.31. The van der Waals surface area contributed by atoms with Crippen LogP contribution < -0.4 is 5.56 Å². The molecule has 184 valence electrons. The molecule has 3 aromatic rings. The van der Waals surface area contributed by atoms with Crippen LogP contribution in [0.1, 0.15) is 41.7 Å². The molecule has 0 radical (unpaired) electrons. The maximum Gasteiger partial charge on any atom is 0.267 e. The van der Waals surface area contributed by atoms with Crippen LogP contribution in [0.2, 0.25) is 0 Å². The molecule has 2 fully saturated rings. The lowest BCUT2D eigenvalue weighted by Crippen LogP contribution is -2.47. The Kier molecular flexibility index (Phi) is 6.20. The molecule has 35 heavy (non-hydrogen) atoms. The van der Waals surface area contributed by atoms with E-state index in [2.05, 4.69) is 0 Å². The average molecular weight is 512 g/mol. The molecule has 6 rings (SSSR count). The molecule has 0 N–H and O–H groups in total. The number of thioether (sulfide) groups is 1. The van der Waals surface area contributed by atoms with Gasteiger partial charge in [-0.3, -0.25) is 14.2 Å². The zero-order valence-electron chi connectivity index (χ0n) is 19.9. The van der Waals surface area contributed by atoms with Crippen molar-refractivity contribution < 1.29 is 14.3 Å². The predicted octanol–water partition coefficient (Wildman–Crippen LogP) is 4.09. The van der Waals surface area contributed by atoms with E-state index < -0.39 is 5.79 Å². The van der Waals surface area contributed by atoms with Gasteiger partial charge in [0.05, 0.1) is 30.0 Å². The first-order chi connectivity index (χ1) is 17.0. The SMILES string of the molecule is Cc1ccccc1-n1c(SCC(=O)N2CCC3(CC2)OCCO3)nc2sc3c(c2c1=O)CCCC3. The normalized spacial score (nSPS) is 19.4. The van der Waals surface area contributed by atoms with Crippen molar-refractivity contribution in [1.29, 1.82) is 0 Å². The van der Waals surface area contributed by atoms with Crippen LogP contribution in [0.4, 0.5) is 0 Å². The number of fused-ring (bicyclic) bond motifs is 3. The molecule has 1 amide bonds. The fourth-order valence-electron chi connectivity index (χ4n) is 5.41. The topological polar surface area (TPSA) is 73.7 Å². The molecule has 0 bridgehead atoms. The third kappa shape index (κ3) is 4.22. The molecule has 4 heterocycles. The van der Waals surface area contributed by atoms with Crippen molar-refractivity contribution in [3.8, 4) is 5.69 Å². The van der Waals surface area contributed by atoms with E-state index in [-0.39, 0.29) is 17.2 Å². The minimum atomic E-state index is -0.500. The third-order valence-electron chi connectivity index (χ3n) is 7.33. The summed E-state index contributed by atoms with van der Waals surface area (Å²) in [4.78, 5) is 36.0. The lowest BCUT2D eigenvalue weighted by molar-refractivity contribution is -0.186. The Morgan fingerprint density at radius 2 is 1.89 bits per heavy atom. The Bertz CT molecular complexity index is 1330. The highest BCUT2D eigenvalue weighted by atomic mass is 32.2. The van der Waals surface area contributed by atoms with E-state index in [0.717, 1.165) is 47.2 Å². The van der Waals surface area contributed by atoms with Crippen molar-refractivity contribution in [2.45, 2.75) is 56.4 Å². The van der Waals surface area contributed by atoms with Crippen molar-refractivity contribution in [1.82, 2.24) is 14.5 Å². The summed E-state index contributed by atoms with van der Waals surface area (Å²) < 4.78 is 13.3. The van der Waals surface area contributed by atoms with Crippen molar-refractivity contribution in [3.05, 3.63) is 50.6 Å². The Morgan fingerprint density at radius 1 is 1.14 bits per heavy atom. The van der Waals surface area contributed by atoms with E-state index in [1.807, 2.05) is 36.1 Å². The number of para-hydroxylation sites is 1. The summed E-state index contributed by atoms with van der Waals surface area (Å²) in [5.74, 6) is -0.206. The number of rotatable bonds is 4. The van der Waals surface area contributed by atoms with Gasteiger partial charge < -0.3 is 14.4 Å². The monoisotopic (exact) mass is 511 g/mol. The van der Waals surface area contributed by atoms with Gasteiger partial charge in [-0.2, -0.15) is 0 Å². The lowest BCUT2D eigenvalue weighted by atomic mass is 9.97. The number of hydrogen-bond donors (Lipinski definition) is 0. The van der Waals surface area contributed by atoms with Gasteiger partial charge in [0.2, 0.25) is 5.91 Å². The van der Waals surface area contributed by atoms with Crippen LogP contribution in [0, 0.1) is 6.92 Å². The highest BCUT2D eigenvalue weighted by Gasteiger charge is 2.40. The molecule has 1 aromatic carbocycles. The maximum absolute atomic E-state index is 13.9. The zero-order valence-corrected chi connectivity index (χ0v) is 21.5. The number of likely N-dealkylation sites (tertiary alicyclic amines) is 1. The van der Waals surface area contributed by atoms with Crippen molar-refractivity contribution in [2.75, 3.05) is 32.1 Å². The minimum Gasteiger partial charge on any atom is -0.347 e. The number of thiophene rings is 1. The number of aromatic nitrogens is 2. The molecule has 1 spiro atoms. The Labute approximate surface area is 212 Å². The number of piperidine rings is 1. The molecule has 2 saturated heterocycles. The molecular formula is C26H29N3O4S2. The number of carbonyl (C=O) groups is 1. The Morgan fingerprint density at radius 3 is 2.66 bits per heavy atom. The van der Waals surface area contributed by atoms with Gasteiger partial charge >= 0.3 is 0 Å². The first-order valence-electron chi connectivity index (χ1n) is 12.4. The number of benzene rings is 1. The van der Waals surface area contributed by atoms with Crippen LogP contribution in [0.5, 0.6) is 0 Å². The first kappa shape index (κ1) is 23.2. The lowest BCUT2D eigenvalue weighted by Gasteiger charge is -2.37. The standard InChI is InChI=1S/C26H29N3O4S2/c1-17-6-2-4-8-19(17)29-24(31)22-18-7-3-5-9-20(18)35-23(22)27-25(29)34-16-21(30)28-12-10-26(11-13-28)32-14-15-33-26/h2,4,6,8H,3,5,7,9-16H2,1H3. The van der Waals surface area contributed by atoms with E-state index in [1.54, 1.807) is 15.9 Å². The van der Waals surface area contributed by atoms with Gasteiger partial charge in [-0.05, 0) is 49.8 Å². The van der Waals surface area contributed by atoms with Gasteiger partial charge in [-0.25, -0.2) is 4.98 Å². The molecule has 0 unspecified atom stereocenters. The summed E-state index contributed by atoms with van der Waals surface area (Å²) in [6.07, 6.45) is 5.63. The third-order valence-corrected chi connectivity index (χ3v) is 9.44. The van der Waals surface area contributed by atoms with E-state index in [1.165, 1.54) is 22.2 Å². The largest absolute Gasteiger partial charge is 0.347 e. The number of hydrogen-bond acceptors (Lipinski definition) is 7. The van der Waals surface area contributed by atoms with Gasteiger partial charge in [0, 0.05) is 30.8 Å². The number of ether oxygens (including phenoxy) is 2. The zero-order chi connectivity index (χ0) is 24.0. The fraction of sp³-hybridized carbons (Fsp3) is 0.500. The van der Waals surface area contributed by atoms with E-state index in [9.17, 15) is 9.59 Å². The molecule has 0 saturated carbocycles. The number of aryl methyl sites for hydroxylation is 3. The second-order valence-electron chi connectivity index (χ2n) is 9.49. The smallest absolute Gasteiger partial charge is 0.267 e. The van der Waals surface area contributed by atoms with Crippen molar-refractivity contribution in [3.63, 3.8) is 0 Å². The summed E-state index contributed by atoms with van der Waals surface area (Å²) in [5.41, 5.74) is 3.00. The summed E-state index contributed by atoms with van der Waals surface area (Å²) in [7, 11) is 0. The fourth-order valence-corrected chi connectivity index (χ4v) is 7.62. The molecule has 9 heteroatoms. The van der Waals surface area contributed by atoms with Gasteiger partial charge in [0.25, 0.3) is 5.56 Å². The number of amides is 1. The highest BCUT2D eigenvalue weighted by Crippen LogP contribution is 2.36. The molecule has 2 aliphatic heterocycles. The quantitative estimate of drug-likeness (QED) is 0.388. The summed E-state index contributed by atoms with van der Waals surface area (Å²) in [6.45, 7) is 4.49. The molecule has 1 aliphatic carbocycles. The van der Waals surface area contributed by atoms with E-state index >= 15 is 0 Å². The molecule has 2 aromatic heterocycles. The summed E-state index contributed by atoms with van der Waals surface area (Å²) in [6, 6.07) is 7.88. The number of nitrogens with zero attached hydrogens (tertiary/aromatic N) is 3. The van der Waals surface area contributed by atoms with Gasteiger partial charge in [0.15, 0.2) is 10.9 Å². The van der Waals surface area contributed by atoms with Gasteiger partial charge in [-0.1, -0.05) is 30.0 Å². The van der Waals surface area contributed by atoms with Crippen LogP contribution in [0.25, 0.3) is 15.9 Å². The van der Waals surface area contributed by atoms with E-state index in [0.29, 0.717) is 44.3 Å². The Hall–Kier alpha value is -2.20. The second kappa shape index (κ2) is 9.35. The summed E-state index contributed by atoms with van der Waals surface area (Å²) >= 11 is 3.00. The van der Waals surface area contributed by atoms with Gasteiger partial charge in [-0.15, -0.1) is 11.3 Å². The van der Waals surface area contributed by atoms with Crippen LogP contribution in [-0.4, -0.2) is 58.2 Å². The van der Waals surface area contributed by atoms with Crippen LogP contribution in [0.3, 0.4) is 0 Å². The van der Waals surface area contributed by atoms with Gasteiger partial charge in [0.1, 0.15) is 4.83 Å². The highest BCUT2D eigenvalue weighted by molar-refractivity contribution is 7.99. The molecule has 7 nitrogen and oxygen atoms in total. The predicted molar refractivity (Wildman–Crippen MR) is 138 cm³/mol.